The summed E-state index contributed by atoms with van der Waals surface area (Å²) in [7, 11) is 1.82. The third kappa shape index (κ3) is 4.86. The molecule has 3 rings (SSSR count). The van der Waals surface area contributed by atoms with Gasteiger partial charge in [-0.15, -0.1) is 11.3 Å². The number of hydrogen-bond donors (Lipinski definition) is 0. The minimum absolute atomic E-state index is 0.0985. The van der Waals surface area contributed by atoms with Crippen molar-refractivity contribution in [2.75, 3.05) is 20.1 Å². The van der Waals surface area contributed by atoms with Crippen molar-refractivity contribution in [2.45, 2.75) is 25.8 Å². The molecule has 1 aromatic carbocycles. The van der Waals surface area contributed by atoms with Crippen LogP contribution in [0.1, 0.15) is 23.3 Å². The average molecular weight is 391 g/mol. The van der Waals surface area contributed by atoms with Gasteiger partial charge in [0.15, 0.2) is 0 Å². The first-order valence-corrected chi connectivity index (χ1v) is 10.0. The van der Waals surface area contributed by atoms with E-state index in [1.165, 1.54) is 11.3 Å². The summed E-state index contributed by atoms with van der Waals surface area (Å²) in [4.78, 5) is 30.0. The van der Waals surface area contributed by atoms with Gasteiger partial charge in [0.2, 0.25) is 11.8 Å². The summed E-state index contributed by atoms with van der Waals surface area (Å²) in [6.07, 6.45) is 2.10. The van der Waals surface area contributed by atoms with E-state index in [0.29, 0.717) is 19.5 Å². The number of piperidine rings is 1. The standard InChI is InChI=1S/C20H23ClN2O2S/c1-22(14-17-9-10-18(21)26-17)20(25)16-8-5-11-23(13-16)19(24)12-15-6-3-2-4-7-15/h2-4,6-7,9-10,16H,5,8,11-14H2,1H3. The molecule has 1 aromatic heterocycles. The molecule has 0 bridgehead atoms. The van der Waals surface area contributed by atoms with Gasteiger partial charge in [0, 0.05) is 25.0 Å². The lowest BCUT2D eigenvalue weighted by Crippen LogP contribution is -2.46. The topological polar surface area (TPSA) is 40.6 Å². The smallest absolute Gasteiger partial charge is 0.227 e. The summed E-state index contributed by atoms with van der Waals surface area (Å²) in [6, 6.07) is 13.6. The number of rotatable bonds is 5. The van der Waals surface area contributed by atoms with E-state index in [4.69, 9.17) is 11.6 Å². The Kier molecular flexibility index (Phi) is 6.33. The van der Waals surface area contributed by atoms with Crippen LogP contribution < -0.4 is 0 Å². The molecule has 1 unspecified atom stereocenters. The molecular weight excluding hydrogens is 368 g/mol. The van der Waals surface area contributed by atoms with Crippen LogP contribution in [0.4, 0.5) is 0 Å². The highest BCUT2D eigenvalue weighted by atomic mass is 35.5. The number of benzene rings is 1. The second-order valence-corrected chi connectivity index (χ2v) is 8.54. The first kappa shape index (κ1) is 18.9. The first-order valence-electron chi connectivity index (χ1n) is 8.84. The van der Waals surface area contributed by atoms with Gasteiger partial charge in [0.1, 0.15) is 0 Å². The molecule has 2 heterocycles. The van der Waals surface area contributed by atoms with Crippen molar-refractivity contribution in [2.24, 2.45) is 5.92 Å². The number of carbonyl (C=O) groups excluding carboxylic acids is 2. The predicted molar refractivity (Wildman–Crippen MR) is 105 cm³/mol. The molecule has 1 aliphatic rings. The number of carbonyl (C=O) groups is 2. The van der Waals surface area contributed by atoms with E-state index in [1.54, 1.807) is 4.90 Å². The molecule has 0 spiro atoms. The second kappa shape index (κ2) is 8.69. The van der Waals surface area contributed by atoms with Crippen molar-refractivity contribution in [1.82, 2.24) is 9.80 Å². The molecule has 0 N–H and O–H groups in total. The lowest BCUT2D eigenvalue weighted by atomic mass is 9.96. The van der Waals surface area contributed by atoms with E-state index in [0.717, 1.165) is 34.2 Å². The number of nitrogens with zero attached hydrogens (tertiary/aromatic N) is 2. The Morgan fingerprint density at radius 3 is 2.69 bits per heavy atom. The van der Waals surface area contributed by atoms with Crippen LogP contribution in [0.2, 0.25) is 4.34 Å². The van der Waals surface area contributed by atoms with Crippen LogP contribution in [0.25, 0.3) is 0 Å². The molecule has 0 aliphatic carbocycles. The quantitative estimate of drug-likeness (QED) is 0.778. The molecule has 6 heteroatoms. The Morgan fingerprint density at radius 1 is 1.23 bits per heavy atom. The fourth-order valence-electron chi connectivity index (χ4n) is 3.35. The molecule has 1 aliphatic heterocycles. The molecule has 138 valence electrons. The number of halogens is 1. The van der Waals surface area contributed by atoms with Crippen molar-refractivity contribution in [1.29, 1.82) is 0 Å². The molecule has 0 radical (unpaired) electrons. The molecule has 2 aromatic rings. The van der Waals surface area contributed by atoms with E-state index >= 15 is 0 Å². The lowest BCUT2D eigenvalue weighted by Gasteiger charge is -2.34. The Labute approximate surface area is 163 Å². The summed E-state index contributed by atoms with van der Waals surface area (Å²) in [6.45, 7) is 1.81. The second-order valence-electron chi connectivity index (χ2n) is 6.74. The van der Waals surface area contributed by atoms with Crippen molar-refractivity contribution < 1.29 is 9.59 Å². The zero-order valence-corrected chi connectivity index (χ0v) is 16.4. The Hall–Kier alpha value is -1.85. The van der Waals surface area contributed by atoms with Gasteiger partial charge in [0.05, 0.1) is 23.2 Å². The van der Waals surface area contributed by atoms with Gasteiger partial charge < -0.3 is 9.80 Å². The zero-order valence-electron chi connectivity index (χ0n) is 14.9. The third-order valence-electron chi connectivity index (χ3n) is 4.72. The molecule has 1 atom stereocenters. The SMILES string of the molecule is CN(Cc1ccc(Cl)s1)C(=O)C1CCCN(C(=O)Cc2ccccc2)C1. The van der Waals surface area contributed by atoms with Crippen molar-refractivity contribution in [3.8, 4) is 0 Å². The number of hydrogen-bond acceptors (Lipinski definition) is 3. The van der Waals surface area contributed by atoms with Gasteiger partial charge >= 0.3 is 0 Å². The predicted octanol–water partition coefficient (Wildman–Crippen LogP) is 3.84. The van der Waals surface area contributed by atoms with Crippen LogP contribution in [0.15, 0.2) is 42.5 Å². The van der Waals surface area contributed by atoms with Crippen LogP contribution in [-0.2, 0) is 22.6 Å². The highest BCUT2D eigenvalue weighted by Crippen LogP contribution is 2.24. The summed E-state index contributed by atoms with van der Waals surface area (Å²) >= 11 is 7.46. The van der Waals surface area contributed by atoms with Crippen LogP contribution in [0.5, 0.6) is 0 Å². The molecule has 2 amide bonds. The molecular formula is C20H23ClN2O2S. The maximum absolute atomic E-state index is 12.8. The van der Waals surface area contributed by atoms with Crippen LogP contribution in [-0.4, -0.2) is 41.8 Å². The maximum Gasteiger partial charge on any atom is 0.227 e. The molecule has 4 nitrogen and oxygen atoms in total. The van der Waals surface area contributed by atoms with Gasteiger partial charge in [-0.05, 0) is 30.5 Å². The fourth-order valence-corrected chi connectivity index (χ4v) is 4.49. The minimum Gasteiger partial charge on any atom is -0.342 e. The van der Waals surface area contributed by atoms with Gasteiger partial charge in [0.25, 0.3) is 0 Å². The van der Waals surface area contributed by atoms with Gasteiger partial charge in [-0.3, -0.25) is 9.59 Å². The van der Waals surface area contributed by atoms with E-state index < -0.39 is 0 Å². The molecule has 0 saturated carbocycles. The highest BCUT2D eigenvalue weighted by molar-refractivity contribution is 7.16. The number of thiophene rings is 1. The Balaban J connectivity index is 1.56. The molecule has 26 heavy (non-hydrogen) atoms. The largest absolute Gasteiger partial charge is 0.342 e. The lowest BCUT2D eigenvalue weighted by molar-refractivity contribution is -0.140. The van der Waals surface area contributed by atoms with Crippen molar-refractivity contribution in [3.63, 3.8) is 0 Å². The van der Waals surface area contributed by atoms with Gasteiger partial charge in [-0.2, -0.15) is 0 Å². The Bertz CT molecular complexity index is 762. The Morgan fingerprint density at radius 2 is 2.00 bits per heavy atom. The van der Waals surface area contributed by atoms with E-state index in [-0.39, 0.29) is 17.7 Å². The monoisotopic (exact) mass is 390 g/mol. The van der Waals surface area contributed by atoms with E-state index in [2.05, 4.69) is 0 Å². The highest BCUT2D eigenvalue weighted by Gasteiger charge is 2.30. The van der Waals surface area contributed by atoms with Crippen LogP contribution >= 0.6 is 22.9 Å². The van der Waals surface area contributed by atoms with E-state index in [1.807, 2.05) is 54.4 Å². The zero-order chi connectivity index (χ0) is 18.5. The van der Waals surface area contributed by atoms with Gasteiger partial charge in [-0.1, -0.05) is 41.9 Å². The van der Waals surface area contributed by atoms with Crippen molar-refractivity contribution >= 4 is 34.8 Å². The van der Waals surface area contributed by atoms with Gasteiger partial charge in [-0.25, -0.2) is 0 Å². The summed E-state index contributed by atoms with van der Waals surface area (Å²) in [5.74, 6) is 0.0806. The molecule has 1 fully saturated rings. The number of likely N-dealkylation sites (tertiary alicyclic amines) is 1. The summed E-state index contributed by atoms with van der Waals surface area (Å²) < 4.78 is 0.733. The van der Waals surface area contributed by atoms with E-state index in [9.17, 15) is 9.59 Å². The molecule has 1 saturated heterocycles. The van der Waals surface area contributed by atoms with Crippen LogP contribution in [0, 0.1) is 5.92 Å². The van der Waals surface area contributed by atoms with Crippen LogP contribution in [0.3, 0.4) is 0 Å². The minimum atomic E-state index is -0.121. The third-order valence-corrected chi connectivity index (χ3v) is 5.94. The summed E-state index contributed by atoms with van der Waals surface area (Å²) in [5, 5.41) is 0. The number of amides is 2. The average Bonchev–Trinajstić information content (AvgIpc) is 3.06. The normalized spacial score (nSPS) is 17.2. The van der Waals surface area contributed by atoms with Crippen molar-refractivity contribution in [3.05, 3.63) is 57.2 Å². The first-order chi connectivity index (χ1) is 12.5. The summed E-state index contributed by atoms with van der Waals surface area (Å²) in [5.41, 5.74) is 1.01. The maximum atomic E-state index is 12.8. The fraction of sp³-hybridized carbons (Fsp3) is 0.400.